The molecule has 0 spiro atoms. The number of aromatic nitrogens is 1. The highest BCUT2D eigenvalue weighted by atomic mass is 35.5. The summed E-state index contributed by atoms with van der Waals surface area (Å²) in [5, 5.41) is 3.91. The van der Waals surface area contributed by atoms with Crippen LogP contribution >= 0.6 is 11.6 Å². The third-order valence-electron chi connectivity index (χ3n) is 4.25. The van der Waals surface area contributed by atoms with Gasteiger partial charge in [0.15, 0.2) is 11.5 Å². The van der Waals surface area contributed by atoms with E-state index in [0.717, 1.165) is 22.0 Å². The molecule has 3 aromatic rings. The van der Waals surface area contributed by atoms with Gasteiger partial charge in [0.2, 0.25) is 0 Å². The largest absolute Gasteiger partial charge is 0.486 e. The number of amides is 1. The van der Waals surface area contributed by atoms with Crippen LogP contribution in [-0.2, 0) is 0 Å². The number of aryl methyl sites for hydroxylation is 2. The SMILES string of the molecule is Cc1cc(C)c2nc(Cl)c(C(=O)Nc3ccc4c(c3)OCCO4)cc2c1. The van der Waals surface area contributed by atoms with Gasteiger partial charge in [0, 0.05) is 17.1 Å². The molecule has 0 unspecified atom stereocenters. The first-order valence-corrected chi connectivity index (χ1v) is 8.67. The normalized spacial score (nSPS) is 12.9. The summed E-state index contributed by atoms with van der Waals surface area (Å²) in [6.07, 6.45) is 0. The summed E-state index contributed by atoms with van der Waals surface area (Å²) in [6.45, 7) is 5.00. The molecule has 0 atom stereocenters. The molecule has 0 radical (unpaired) electrons. The highest BCUT2D eigenvalue weighted by Gasteiger charge is 2.17. The number of ether oxygens (including phenoxy) is 2. The second kappa shape index (κ2) is 6.50. The fraction of sp³-hybridized carbons (Fsp3) is 0.200. The average molecular weight is 369 g/mol. The first-order valence-electron chi connectivity index (χ1n) is 8.30. The molecule has 2 aromatic carbocycles. The van der Waals surface area contributed by atoms with E-state index < -0.39 is 0 Å². The lowest BCUT2D eigenvalue weighted by molar-refractivity contribution is 0.102. The zero-order valence-electron chi connectivity index (χ0n) is 14.4. The maximum Gasteiger partial charge on any atom is 0.258 e. The molecule has 6 heteroatoms. The number of hydrogen-bond acceptors (Lipinski definition) is 4. The molecule has 1 aliphatic heterocycles. The molecule has 1 aliphatic rings. The maximum atomic E-state index is 12.7. The molecule has 0 saturated heterocycles. The highest BCUT2D eigenvalue weighted by molar-refractivity contribution is 6.34. The minimum absolute atomic E-state index is 0.180. The van der Waals surface area contributed by atoms with Crippen LogP contribution in [0.5, 0.6) is 11.5 Å². The average Bonchev–Trinajstić information content (AvgIpc) is 2.61. The van der Waals surface area contributed by atoms with Crippen molar-refractivity contribution in [2.75, 3.05) is 18.5 Å². The zero-order valence-corrected chi connectivity index (χ0v) is 15.2. The van der Waals surface area contributed by atoms with Crippen LogP contribution in [0.4, 0.5) is 5.69 Å². The van der Waals surface area contributed by atoms with Gasteiger partial charge in [0.1, 0.15) is 18.4 Å². The molecular formula is C20H17ClN2O3. The summed E-state index contributed by atoms with van der Waals surface area (Å²) in [4.78, 5) is 17.1. The number of benzene rings is 2. The van der Waals surface area contributed by atoms with Gasteiger partial charge >= 0.3 is 0 Å². The standard InChI is InChI=1S/C20H17ClN2O3/c1-11-7-12(2)18-13(8-11)9-15(19(21)23-18)20(24)22-14-3-4-16-17(10-14)26-6-5-25-16/h3-4,7-10H,5-6H2,1-2H3,(H,22,24). The first-order chi connectivity index (χ1) is 12.5. The Hall–Kier alpha value is -2.79. The lowest BCUT2D eigenvalue weighted by atomic mass is 10.1. The number of hydrogen-bond donors (Lipinski definition) is 1. The number of rotatable bonds is 2. The highest BCUT2D eigenvalue weighted by Crippen LogP contribution is 2.33. The second-order valence-corrected chi connectivity index (χ2v) is 6.65. The van der Waals surface area contributed by atoms with Crippen molar-refractivity contribution in [2.45, 2.75) is 13.8 Å². The van der Waals surface area contributed by atoms with Gasteiger partial charge in [-0.25, -0.2) is 4.98 Å². The van der Waals surface area contributed by atoms with E-state index >= 15 is 0 Å². The number of pyridine rings is 1. The Bertz CT molecular complexity index is 1030. The minimum Gasteiger partial charge on any atom is -0.486 e. The van der Waals surface area contributed by atoms with Crippen molar-refractivity contribution in [1.29, 1.82) is 0 Å². The zero-order chi connectivity index (χ0) is 18.3. The van der Waals surface area contributed by atoms with Gasteiger partial charge in [-0.1, -0.05) is 23.2 Å². The van der Waals surface area contributed by atoms with Gasteiger partial charge in [-0.15, -0.1) is 0 Å². The molecule has 5 nitrogen and oxygen atoms in total. The van der Waals surface area contributed by atoms with Gasteiger partial charge < -0.3 is 14.8 Å². The molecular weight excluding hydrogens is 352 g/mol. The number of carbonyl (C=O) groups excluding carboxylic acids is 1. The molecule has 1 N–H and O–H groups in total. The summed E-state index contributed by atoms with van der Waals surface area (Å²) in [5.41, 5.74) is 3.88. The number of nitrogens with zero attached hydrogens (tertiary/aromatic N) is 1. The van der Waals surface area contributed by atoms with Crippen LogP contribution in [0.2, 0.25) is 5.15 Å². The summed E-state index contributed by atoms with van der Waals surface area (Å²) < 4.78 is 11.0. The summed E-state index contributed by atoms with van der Waals surface area (Å²) in [6, 6.07) is 11.1. The quantitative estimate of drug-likeness (QED) is 0.675. The smallest absolute Gasteiger partial charge is 0.258 e. The van der Waals surface area contributed by atoms with E-state index in [9.17, 15) is 4.79 Å². The third-order valence-corrected chi connectivity index (χ3v) is 4.54. The van der Waals surface area contributed by atoms with Gasteiger partial charge in [-0.3, -0.25) is 4.79 Å². The van der Waals surface area contributed by atoms with Gasteiger partial charge in [0.05, 0.1) is 11.1 Å². The van der Waals surface area contributed by atoms with Gasteiger partial charge in [-0.2, -0.15) is 0 Å². The number of nitrogens with one attached hydrogen (secondary N) is 1. The monoisotopic (exact) mass is 368 g/mol. The van der Waals surface area contributed by atoms with E-state index in [1.54, 1.807) is 24.3 Å². The van der Waals surface area contributed by atoms with Crippen molar-refractivity contribution in [3.63, 3.8) is 0 Å². The van der Waals surface area contributed by atoms with E-state index in [-0.39, 0.29) is 11.1 Å². The van der Waals surface area contributed by atoms with Crippen molar-refractivity contribution in [2.24, 2.45) is 0 Å². The summed E-state index contributed by atoms with van der Waals surface area (Å²) in [5.74, 6) is 0.967. The van der Waals surface area contributed by atoms with Crippen LogP contribution < -0.4 is 14.8 Å². The molecule has 0 aliphatic carbocycles. The Morgan fingerprint density at radius 3 is 2.65 bits per heavy atom. The number of halogens is 1. The van der Waals surface area contributed by atoms with Crippen LogP contribution in [0.1, 0.15) is 21.5 Å². The molecule has 4 rings (SSSR count). The van der Waals surface area contributed by atoms with E-state index in [0.29, 0.717) is 36.0 Å². The van der Waals surface area contributed by atoms with E-state index in [2.05, 4.69) is 10.3 Å². The molecule has 26 heavy (non-hydrogen) atoms. The predicted molar refractivity (Wildman–Crippen MR) is 102 cm³/mol. The van der Waals surface area contributed by atoms with Crippen molar-refractivity contribution in [3.05, 3.63) is 58.2 Å². The number of carbonyl (C=O) groups is 1. The Kier molecular flexibility index (Phi) is 4.17. The van der Waals surface area contributed by atoms with Gasteiger partial charge in [-0.05, 0) is 43.7 Å². The van der Waals surface area contributed by atoms with Crippen LogP contribution in [0.3, 0.4) is 0 Å². The predicted octanol–water partition coefficient (Wildman–Crippen LogP) is 4.53. The van der Waals surface area contributed by atoms with E-state index in [4.69, 9.17) is 21.1 Å². The topological polar surface area (TPSA) is 60.5 Å². The van der Waals surface area contributed by atoms with Crippen molar-refractivity contribution in [3.8, 4) is 11.5 Å². The van der Waals surface area contributed by atoms with E-state index in [1.165, 1.54) is 0 Å². The fourth-order valence-corrected chi connectivity index (χ4v) is 3.33. The number of fused-ring (bicyclic) bond motifs is 2. The maximum absolute atomic E-state index is 12.7. The Morgan fingerprint density at radius 1 is 1.08 bits per heavy atom. The van der Waals surface area contributed by atoms with Crippen molar-refractivity contribution < 1.29 is 14.3 Å². The molecule has 132 valence electrons. The summed E-state index contributed by atoms with van der Waals surface area (Å²) in [7, 11) is 0. The molecule has 0 fully saturated rings. The fourth-order valence-electron chi connectivity index (χ4n) is 3.11. The van der Waals surface area contributed by atoms with Crippen LogP contribution in [0.25, 0.3) is 10.9 Å². The Balaban J connectivity index is 1.67. The number of anilines is 1. The lowest BCUT2D eigenvalue weighted by Crippen LogP contribution is -2.16. The Labute approximate surface area is 155 Å². The minimum atomic E-state index is -0.319. The van der Waals surface area contributed by atoms with Gasteiger partial charge in [0.25, 0.3) is 5.91 Å². The van der Waals surface area contributed by atoms with E-state index in [1.807, 2.05) is 26.0 Å². The van der Waals surface area contributed by atoms with Crippen LogP contribution in [-0.4, -0.2) is 24.1 Å². The molecule has 1 aromatic heterocycles. The third kappa shape index (κ3) is 3.06. The van der Waals surface area contributed by atoms with Crippen molar-refractivity contribution in [1.82, 2.24) is 4.98 Å². The lowest BCUT2D eigenvalue weighted by Gasteiger charge is -2.19. The molecule has 2 heterocycles. The Morgan fingerprint density at radius 2 is 1.85 bits per heavy atom. The molecule has 1 amide bonds. The second-order valence-electron chi connectivity index (χ2n) is 6.29. The molecule has 0 saturated carbocycles. The van der Waals surface area contributed by atoms with Crippen LogP contribution in [0, 0.1) is 13.8 Å². The van der Waals surface area contributed by atoms with Crippen molar-refractivity contribution >= 4 is 34.1 Å². The summed E-state index contributed by atoms with van der Waals surface area (Å²) >= 11 is 6.27. The molecule has 0 bridgehead atoms. The van der Waals surface area contributed by atoms with Crippen LogP contribution in [0.15, 0.2) is 36.4 Å². The first kappa shape index (κ1) is 16.7.